The van der Waals surface area contributed by atoms with Gasteiger partial charge in [0, 0.05) is 6.61 Å². The van der Waals surface area contributed by atoms with E-state index in [-0.39, 0.29) is 0 Å². The summed E-state index contributed by atoms with van der Waals surface area (Å²) in [6.07, 6.45) is 19.5. The standard InChI is InChI=1S/C19H34O/c1-3-5-16-6-8-17(9-7-16)10-11-18-12-14-19(15-13-18)20-4-2/h3,5,16-19H,4,6-15H2,1-2H3/b5-3+/t16-,17-,18-,19-. The van der Waals surface area contributed by atoms with Gasteiger partial charge in [-0.1, -0.05) is 25.0 Å². The Morgan fingerprint density at radius 1 is 0.850 bits per heavy atom. The maximum absolute atomic E-state index is 5.75. The van der Waals surface area contributed by atoms with Crippen molar-refractivity contribution in [1.82, 2.24) is 0 Å². The van der Waals surface area contributed by atoms with Crippen LogP contribution in [0.15, 0.2) is 12.2 Å². The average molecular weight is 278 g/mol. The van der Waals surface area contributed by atoms with Crippen molar-refractivity contribution in [2.75, 3.05) is 6.61 Å². The molecule has 0 atom stereocenters. The summed E-state index contributed by atoms with van der Waals surface area (Å²) >= 11 is 0. The topological polar surface area (TPSA) is 9.23 Å². The van der Waals surface area contributed by atoms with Crippen LogP contribution in [0.4, 0.5) is 0 Å². The fraction of sp³-hybridized carbons (Fsp3) is 0.895. The lowest BCUT2D eigenvalue weighted by Crippen LogP contribution is -2.22. The van der Waals surface area contributed by atoms with Gasteiger partial charge in [0.05, 0.1) is 6.10 Å². The van der Waals surface area contributed by atoms with E-state index < -0.39 is 0 Å². The van der Waals surface area contributed by atoms with Crippen LogP contribution in [0.3, 0.4) is 0 Å². The first-order valence-electron chi connectivity index (χ1n) is 9.06. The highest BCUT2D eigenvalue weighted by molar-refractivity contribution is 4.89. The third-order valence-corrected chi connectivity index (χ3v) is 5.54. The van der Waals surface area contributed by atoms with Gasteiger partial charge in [-0.3, -0.25) is 0 Å². The van der Waals surface area contributed by atoms with E-state index in [0.29, 0.717) is 6.10 Å². The minimum Gasteiger partial charge on any atom is -0.379 e. The molecule has 0 aromatic rings. The average Bonchev–Trinajstić information content (AvgIpc) is 2.49. The van der Waals surface area contributed by atoms with Gasteiger partial charge in [-0.2, -0.15) is 0 Å². The summed E-state index contributed by atoms with van der Waals surface area (Å²) in [6.45, 7) is 5.17. The van der Waals surface area contributed by atoms with Crippen LogP contribution in [0.5, 0.6) is 0 Å². The minimum atomic E-state index is 0.576. The van der Waals surface area contributed by atoms with Crippen LogP contribution >= 0.6 is 0 Å². The van der Waals surface area contributed by atoms with Gasteiger partial charge in [0.1, 0.15) is 0 Å². The summed E-state index contributed by atoms with van der Waals surface area (Å²) in [7, 11) is 0. The number of rotatable bonds is 6. The van der Waals surface area contributed by atoms with Gasteiger partial charge in [-0.05, 0) is 83.0 Å². The molecule has 0 aliphatic heterocycles. The molecule has 0 spiro atoms. The molecule has 116 valence electrons. The minimum absolute atomic E-state index is 0.576. The second-order valence-corrected chi connectivity index (χ2v) is 6.98. The Labute approximate surface area is 126 Å². The molecule has 2 fully saturated rings. The first kappa shape index (κ1) is 16.1. The Kier molecular flexibility index (Phi) is 7.13. The van der Waals surface area contributed by atoms with Crippen LogP contribution in [0, 0.1) is 17.8 Å². The maximum atomic E-state index is 5.75. The van der Waals surface area contributed by atoms with E-state index in [9.17, 15) is 0 Å². The molecule has 0 heterocycles. The summed E-state index contributed by atoms with van der Waals surface area (Å²) < 4.78 is 5.75. The Morgan fingerprint density at radius 2 is 1.40 bits per heavy atom. The van der Waals surface area contributed by atoms with Gasteiger partial charge >= 0.3 is 0 Å². The molecule has 0 aromatic carbocycles. The van der Waals surface area contributed by atoms with Crippen molar-refractivity contribution in [3.05, 3.63) is 12.2 Å². The van der Waals surface area contributed by atoms with Crippen molar-refractivity contribution in [3.8, 4) is 0 Å². The highest BCUT2D eigenvalue weighted by Gasteiger charge is 2.24. The van der Waals surface area contributed by atoms with Crippen LogP contribution in [0.1, 0.15) is 78.1 Å². The van der Waals surface area contributed by atoms with Crippen LogP contribution < -0.4 is 0 Å². The van der Waals surface area contributed by atoms with Gasteiger partial charge in [0.2, 0.25) is 0 Å². The number of allylic oxidation sites excluding steroid dienone is 2. The monoisotopic (exact) mass is 278 g/mol. The van der Waals surface area contributed by atoms with Crippen molar-refractivity contribution in [2.45, 2.75) is 84.2 Å². The molecule has 2 aliphatic carbocycles. The van der Waals surface area contributed by atoms with Crippen molar-refractivity contribution < 1.29 is 4.74 Å². The zero-order chi connectivity index (χ0) is 14.2. The Balaban J connectivity index is 1.58. The molecule has 0 N–H and O–H groups in total. The molecule has 20 heavy (non-hydrogen) atoms. The van der Waals surface area contributed by atoms with E-state index in [1.54, 1.807) is 0 Å². The molecule has 2 rings (SSSR count). The van der Waals surface area contributed by atoms with Crippen molar-refractivity contribution in [2.24, 2.45) is 17.8 Å². The predicted molar refractivity (Wildman–Crippen MR) is 86.9 cm³/mol. The molecule has 2 saturated carbocycles. The molecule has 1 nitrogen and oxygen atoms in total. The van der Waals surface area contributed by atoms with Crippen molar-refractivity contribution in [1.29, 1.82) is 0 Å². The first-order valence-corrected chi connectivity index (χ1v) is 9.06. The predicted octanol–water partition coefficient (Wildman–Crippen LogP) is 5.74. The van der Waals surface area contributed by atoms with Crippen molar-refractivity contribution >= 4 is 0 Å². The van der Waals surface area contributed by atoms with Crippen LogP contribution in [-0.2, 0) is 4.74 Å². The second-order valence-electron chi connectivity index (χ2n) is 6.98. The molecular formula is C19H34O. The molecule has 0 amide bonds. The summed E-state index contributed by atoms with van der Waals surface area (Å²) in [5.74, 6) is 2.92. The van der Waals surface area contributed by atoms with E-state index in [4.69, 9.17) is 4.74 Å². The number of hydrogen-bond donors (Lipinski definition) is 0. The summed E-state index contributed by atoms with van der Waals surface area (Å²) in [4.78, 5) is 0. The molecular weight excluding hydrogens is 244 g/mol. The highest BCUT2D eigenvalue weighted by atomic mass is 16.5. The molecule has 0 aromatic heterocycles. The molecule has 0 bridgehead atoms. The van der Waals surface area contributed by atoms with Gasteiger partial charge in [-0.15, -0.1) is 0 Å². The Bertz CT molecular complexity index is 267. The lowest BCUT2D eigenvalue weighted by atomic mass is 9.77. The summed E-state index contributed by atoms with van der Waals surface area (Å²) in [5.41, 5.74) is 0. The van der Waals surface area contributed by atoms with E-state index >= 15 is 0 Å². The SMILES string of the molecule is C/C=C/[C@H]1CC[C@H](CC[C@H]2CC[C@H](OCC)CC2)CC1. The summed E-state index contributed by atoms with van der Waals surface area (Å²) in [5, 5.41) is 0. The van der Waals surface area contributed by atoms with Crippen LogP contribution in [0.2, 0.25) is 0 Å². The fourth-order valence-corrected chi connectivity index (χ4v) is 4.24. The van der Waals surface area contributed by atoms with Gasteiger partial charge in [0.25, 0.3) is 0 Å². The van der Waals surface area contributed by atoms with Crippen molar-refractivity contribution in [3.63, 3.8) is 0 Å². The molecule has 0 radical (unpaired) electrons. The second kappa shape index (κ2) is 8.87. The molecule has 1 heteroatoms. The Hall–Kier alpha value is -0.300. The third-order valence-electron chi connectivity index (χ3n) is 5.54. The highest BCUT2D eigenvalue weighted by Crippen LogP contribution is 2.36. The normalized spacial score (nSPS) is 35.5. The molecule has 0 unspecified atom stereocenters. The van der Waals surface area contributed by atoms with Gasteiger partial charge < -0.3 is 4.74 Å². The van der Waals surface area contributed by atoms with Crippen LogP contribution in [0.25, 0.3) is 0 Å². The first-order chi connectivity index (χ1) is 9.81. The van der Waals surface area contributed by atoms with E-state index in [1.807, 2.05) is 0 Å². The van der Waals surface area contributed by atoms with Crippen LogP contribution in [-0.4, -0.2) is 12.7 Å². The third kappa shape index (κ3) is 5.24. The van der Waals surface area contributed by atoms with E-state index in [1.165, 1.54) is 64.2 Å². The summed E-state index contributed by atoms with van der Waals surface area (Å²) in [6, 6.07) is 0. The van der Waals surface area contributed by atoms with Gasteiger partial charge in [0.15, 0.2) is 0 Å². The number of hydrogen-bond acceptors (Lipinski definition) is 1. The zero-order valence-electron chi connectivity index (χ0n) is 13.7. The Morgan fingerprint density at radius 3 is 1.90 bits per heavy atom. The quantitative estimate of drug-likeness (QED) is 0.562. The molecule has 2 aliphatic rings. The maximum Gasteiger partial charge on any atom is 0.0575 e. The van der Waals surface area contributed by atoms with E-state index in [2.05, 4.69) is 26.0 Å². The van der Waals surface area contributed by atoms with E-state index in [0.717, 1.165) is 24.4 Å². The zero-order valence-corrected chi connectivity index (χ0v) is 13.7. The van der Waals surface area contributed by atoms with Gasteiger partial charge in [-0.25, -0.2) is 0 Å². The lowest BCUT2D eigenvalue weighted by Gasteiger charge is -2.31. The lowest BCUT2D eigenvalue weighted by molar-refractivity contribution is 0.0239. The smallest absolute Gasteiger partial charge is 0.0575 e. The fourth-order valence-electron chi connectivity index (χ4n) is 4.24. The number of ether oxygens (including phenoxy) is 1. The molecule has 0 saturated heterocycles. The largest absolute Gasteiger partial charge is 0.379 e.